The lowest BCUT2D eigenvalue weighted by Gasteiger charge is -2.18. The van der Waals surface area contributed by atoms with Crippen molar-refractivity contribution in [3.8, 4) is 0 Å². The number of carbonyl (C=O) groups excluding carboxylic acids is 3. The third-order valence-corrected chi connectivity index (χ3v) is 12.6. The second-order valence-electron chi connectivity index (χ2n) is 19.2. The Morgan fingerprint density at radius 2 is 0.554 bits per heavy atom. The van der Waals surface area contributed by atoms with Crippen molar-refractivity contribution in [3.63, 3.8) is 0 Å². The third-order valence-electron chi connectivity index (χ3n) is 12.6. The van der Waals surface area contributed by atoms with Gasteiger partial charge in [-0.3, -0.25) is 14.4 Å². The largest absolute Gasteiger partial charge is 0.462 e. The predicted octanol–water partition coefficient (Wildman–Crippen LogP) is 18.9. The number of unbranched alkanes of at least 4 members (excludes halogenated alkanes) is 35. The van der Waals surface area contributed by atoms with E-state index < -0.39 is 6.10 Å². The van der Waals surface area contributed by atoms with Crippen molar-refractivity contribution in [2.24, 2.45) is 0 Å². The van der Waals surface area contributed by atoms with Crippen molar-refractivity contribution in [3.05, 3.63) is 36.5 Å². The minimum atomic E-state index is -0.767. The maximum Gasteiger partial charge on any atom is 0.306 e. The number of esters is 3. The third kappa shape index (κ3) is 52.5. The van der Waals surface area contributed by atoms with E-state index in [0.717, 1.165) is 70.6 Å². The lowest BCUT2D eigenvalue weighted by molar-refractivity contribution is -0.167. The van der Waals surface area contributed by atoms with Crippen LogP contribution in [-0.2, 0) is 28.6 Å². The SMILES string of the molecule is CCCCCCC/C=C\C/C=C\C/C=C\CCCCCCCCCCCCC(=O)OCC(COC(=O)CCCCCCCC)OC(=O)CCCCCCCCCCCCCCCCCC. The van der Waals surface area contributed by atoms with Crippen LogP contribution < -0.4 is 0 Å². The molecule has 0 fully saturated rings. The Kier molecular flexibility index (Phi) is 52.3. The van der Waals surface area contributed by atoms with Crippen LogP contribution in [0.25, 0.3) is 0 Å². The highest BCUT2D eigenvalue weighted by atomic mass is 16.6. The summed E-state index contributed by atoms with van der Waals surface area (Å²) in [6.45, 7) is 6.60. The van der Waals surface area contributed by atoms with Gasteiger partial charge in [0.1, 0.15) is 13.2 Å². The molecule has 0 radical (unpaired) electrons. The smallest absolute Gasteiger partial charge is 0.306 e. The molecule has 0 aliphatic heterocycles. The van der Waals surface area contributed by atoms with Gasteiger partial charge in [0.25, 0.3) is 0 Å². The van der Waals surface area contributed by atoms with E-state index in [0.29, 0.717) is 19.3 Å². The Balaban J connectivity index is 4.10. The highest BCUT2D eigenvalue weighted by Crippen LogP contribution is 2.16. The molecule has 0 aromatic rings. The molecular weight excluding hydrogens is 805 g/mol. The van der Waals surface area contributed by atoms with Crippen molar-refractivity contribution in [1.82, 2.24) is 0 Å². The quantitative estimate of drug-likeness (QED) is 0.0262. The first-order valence-corrected chi connectivity index (χ1v) is 28.5. The zero-order valence-corrected chi connectivity index (χ0v) is 43.5. The Morgan fingerprint density at radius 1 is 0.308 bits per heavy atom. The van der Waals surface area contributed by atoms with Gasteiger partial charge in [-0.15, -0.1) is 0 Å². The number of ether oxygens (including phenoxy) is 3. The molecule has 0 aromatic carbocycles. The molecule has 65 heavy (non-hydrogen) atoms. The minimum absolute atomic E-state index is 0.0701. The van der Waals surface area contributed by atoms with Crippen molar-refractivity contribution in [2.75, 3.05) is 13.2 Å². The molecule has 0 spiro atoms. The van der Waals surface area contributed by atoms with Crippen LogP contribution in [0.3, 0.4) is 0 Å². The van der Waals surface area contributed by atoms with E-state index >= 15 is 0 Å². The highest BCUT2D eigenvalue weighted by Gasteiger charge is 2.19. The summed E-state index contributed by atoms with van der Waals surface area (Å²) in [6.07, 6.45) is 64.5. The molecule has 0 aromatic heterocycles. The Bertz CT molecular complexity index is 1090. The molecule has 0 aliphatic rings. The molecule has 1 atom stereocenters. The molecular formula is C59H108O6. The van der Waals surface area contributed by atoms with Crippen LogP contribution in [0, 0.1) is 0 Å². The molecule has 380 valence electrons. The molecule has 0 saturated carbocycles. The molecule has 1 unspecified atom stereocenters. The zero-order chi connectivity index (χ0) is 47.2. The van der Waals surface area contributed by atoms with Crippen LogP contribution in [0.15, 0.2) is 36.5 Å². The van der Waals surface area contributed by atoms with E-state index in [1.807, 2.05) is 0 Å². The maximum absolute atomic E-state index is 12.8. The first-order valence-electron chi connectivity index (χ1n) is 28.5. The van der Waals surface area contributed by atoms with Gasteiger partial charge in [0, 0.05) is 19.3 Å². The molecule has 0 aliphatic carbocycles. The van der Waals surface area contributed by atoms with E-state index in [1.54, 1.807) is 0 Å². The first kappa shape index (κ1) is 62.6. The van der Waals surface area contributed by atoms with Crippen LogP contribution in [0.4, 0.5) is 0 Å². The standard InChI is InChI=1S/C59H108O6/c1-4-7-10-13-16-18-20-22-24-26-27-28-29-30-31-32-33-34-36-37-39-41-43-46-49-52-58(61)64-55-56(54-63-57(60)51-48-45-15-12-9-6-3)65-59(62)53-50-47-44-42-40-38-35-25-23-21-19-17-14-11-8-5-2/h20,22,26-27,29-30,56H,4-19,21,23-25,28,31-55H2,1-3H3/b22-20-,27-26-,30-29-. The van der Waals surface area contributed by atoms with Gasteiger partial charge in [-0.05, 0) is 57.8 Å². The Labute approximate surface area is 404 Å². The summed E-state index contributed by atoms with van der Waals surface area (Å²) in [5.74, 6) is -0.868. The second-order valence-corrected chi connectivity index (χ2v) is 19.2. The van der Waals surface area contributed by atoms with Crippen LogP contribution >= 0.6 is 0 Å². The van der Waals surface area contributed by atoms with Gasteiger partial charge >= 0.3 is 17.9 Å². The van der Waals surface area contributed by atoms with Gasteiger partial charge in [0.2, 0.25) is 0 Å². The first-order chi connectivity index (χ1) is 32.0. The van der Waals surface area contributed by atoms with Crippen LogP contribution in [0.1, 0.15) is 303 Å². The van der Waals surface area contributed by atoms with Gasteiger partial charge in [-0.2, -0.15) is 0 Å². The van der Waals surface area contributed by atoms with Crippen molar-refractivity contribution in [1.29, 1.82) is 0 Å². The normalized spacial score (nSPS) is 12.2. The molecule has 0 bridgehead atoms. The van der Waals surface area contributed by atoms with E-state index in [-0.39, 0.29) is 31.1 Å². The fraction of sp³-hybridized carbons (Fsp3) is 0.847. The average Bonchev–Trinajstić information content (AvgIpc) is 3.30. The number of carbonyl (C=O) groups is 3. The van der Waals surface area contributed by atoms with Gasteiger partial charge in [0.15, 0.2) is 6.10 Å². The lowest BCUT2D eigenvalue weighted by Crippen LogP contribution is -2.30. The molecule has 6 heteroatoms. The van der Waals surface area contributed by atoms with Crippen LogP contribution in [-0.4, -0.2) is 37.2 Å². The monoisotopic (exact) mass is 913 g/mol. The Hall–Kier alpha value is -2.37. The number of rotatable bonds is 52. The summed E-state index contributed by atoms with van der Waals surface area (Å²) in [5.41, 5.74) is 0. The zero-order valence-electron chi connectivity index (χ0n) is 43.5. The molecule has 0 saturated heterocycles. The Morgan fingerprint density at radius 3 is 0.862 bits per heavy atom. The topological polar surface area (TPSA) is 78.9 Å². The summed E-state index contributed by atoms with van der Waals surface area (Å²) in [6, 6.07) is 0. The van der Waals surface area contributed by atoms with Gasteiger partial charge in [-0.25, -0.2) is 0 Å². The molecule has 0 heterocycles. The molecule has 6 nitrogen and oxygen atoms in total. The highest BCUT2D eigenvalue weighted by molar-refractivity contribution is 5.71. The van der Waals surface area contributed by atoms with E-state index in [9.17, 15) is 14.4 Å². The summed E-state index contributed by atoms with van der Waals surface area (Å²) in [5, 5.41) is 0. The summed E-state index contributed by atoms with van der Waals surface area (Å²) in [4.78, 5) is 37.8. The molecule has 0 rings (SSSR count). The van der Waals surface area contributed by atoms with Crippen LogP contribution in [0.5, 0.6) is 0 Å². The van der Waals surface area contributed by atoms with Gasteiger partial charge < -0.3 is 14.2 Å². The average molecular weight is 914 g/mol. The predicted molar refractivity (Wildman–Crippen MR) is 279 cm³/mol. The number of hydrogen-bond acceptors (Lipinski definition) is 6. The van der Waals surface area contributed by atoms with Gasteiger partial charge in [0.05, 0.1) is 0 Å². The fourth-order valence-corrected chi connectivity index (χ4v) is 8.33. The van der Waals surface area contributed by atoms with E-state index in [2.05, 4.69) is 57.2 Å². The van der Waals surface area contributed by atoms with E-state index in [4.69, 9.17) is 14.2 Å². The summed E-state index contributed by atoms with van der Waals surface area (Å²) < 4.78 is 16.8. The van der Waals surface area contributed by atoms with Crippen molar-refractivity contribution in [2.45, 2.75) is 309 Å². The maximum atomic E-state index is 12.8. The minimum Gasteiger partial charge on any atom is -0.462 e. The van der Waals surface area contributed by atoms with Crippen LogP contribution in [0.2, 0.25) is 0 Å². The molecule has 0 amide bonds. The van der Waals surface area contributed by atoms with Gasteiger partial charge in [-0.1, -0.05) is 263 Å². The number of allylic oxidation sites excluding steroid dienone is 6. The summed E-state index contributed by atoms with van der Waals surface area (Å²) >= 11 is 0. The summed E-state index contributed by atoms with van der Waals surface area (Å²) in [7, 11) is 0. The van der Waals surface area contributed by atoms with Crippen molar-refractivity contribution >= 4 is 17.9 Å². The fourth-order valence-electron chi connectivity index (χ4n) is 8.33. The molecule has 0 N–H and O–H groups in total. The number of hydrogen-bond donors (Lipinski definition) is 0. The van der Waals surface area contributed by atoms with E-state index in [1.165, 1.54) is 193 Å². The lowest BCUT2D eigenvalue weighted by atomic mass is 10.0. The second kappa shape index (κ2) is 54.2. The van der Waals surface area contributed by atoms with Crippen molar-refractivity contribution < 1.29 is 28.6 Å².